The minimum atomic E-state index is 0.0742. The van der Waals surface area contributed by atoms with Gasteiger partial charge >= 0.3 is 0 Å². The number of rotatable bonds is 6. The van der Waals surface area contributed by atoms with E-state index in [1.807, 2.05) is 42.5 Å². The Morgan fingerprint density at radius 1 is 1.00 bits per heavy atom. The van der Waals surface area contributed by atoms with E-state index < -0.39 is 0 Å². The Hall–Kier alpha value is -3.22. The maximum atomic E-state index is 12.7. The number of piperidine rings is 1. The maximum absolute atomic E-state index is 12.7. The molecule has 33 heavy (non-hydrogen) atoms. The molecule has 3 aromatic rings. The van der Waals surface area contributed by atoms with E-state index in [2.05, 4.69) is 25.3 Å². The fourth-order valence-electron chi connectivity index (χ4n) is 4.99. The molecule has 2 aliphatic rings. The van der Waals surface area contributed by atoms with E-state index in [1.54, 1.807) is 6.20 Å². The van der Waals surface area contributed by atoms with Crippen molar-refractivity contribution in [2.75, 3.05) is 24.5 Å². The van der Waals surface area contributed by atoms with Crippen LogP contribution < -0.4 is 10.2 Å². The van der Waals surface area contributed by atoms with Crippen LogP contribution in [0.4, 0.5) is 5.82 Å². The van der Waals surface area contributed by atoms with Crippen molar-refractivity contribution in [3.63, 3.8) is 0 Å². The summed E-state index contributed by atoms with van der Waals surface area (Å²) in [6, 6.07) is 13.6. The number of hydrogen-bond acceptors (Lipinski definition) is 6. The largest absolute Gasteiger partial charge is 0.356 e. The van der Waals surface area contributed by atoms with Crippen LogP contribution in [0.15, 0.2) is 53.2 Å². The molecule has 0 atom stereocenters. The molecule has 1 saturated heterocycles. The number of hydrogen-bond donors (Lipinski definition) is 1. The van der Waals surface area contributed by atoms with Gasteiger partial charge in [-0.3, -0.25) is 4.79 Å². The fourth-order valence-corrected chi connectivity index (χ4v) is 4.99. The van der Waals surface area contributed by atoms with Gasteiger partial charge in [0.2, 0.25) is 11.7 Å². The predicted molar refractivity (Wildman–Crippen MR) is 127 cm³/mol. The normalized spacial score (nSPS) is 17.8. The number of nitrogens with one attached hydrogen (secondary N) is 1. The molecule has 2 aromatic heterocycles. The molecule has 7 nitrogen and oxygen atoms in total. The van der Waals surface area contributed by atoms with E-state index in [-0.39, 0.29) is 11.8 Å². The van der Waals surface area contributed by atoms with Crippen LogP contribution in [0.3, 0.4) is 0 Å². The van der Waals surface area contributed by atoms with Crippen molar-refractivity contribution < 1.29 is 9.32 Å². The first-order valence-corrected chi connectivity index (χ1v) is 12.1. The number of pyridine rings is 1. The molecule has 1 N–H and O–H groups in total. The van der Waals surface area contributed by atoms with Crippen molar-refractivity contribution in [3.8, 4) is 22.8 Å². The Balaban J connectivity index is 1.22. The van der Waals surface area contributed by atoms with Gasteiger partial charge in [-0.1, -0.05) is 54.8 Å². The monoisotopic (exact) mass is 445 g/mol. The first kappa shape index (κ1) is 21.6. The highest BCUT2D eigenvalue weighted by Gasteiger charge is 2.28. The molecule has 3 heterocycles. The van der Waals surface area contributed by atoms with Crippen molar-refractivity contribution >= 4 is 11.7 Å². The Bertz CT molecular complexity index is 1050. The second-order valence-electron chi connectivity index (χ2n) is 9.17. The zero-order chi connectivity index (χ0) is 22.5. The number of benzene rings is 1. The lowest BCUT2D eigenvalue weighted by molar-refractivity contribution is -0.125. The van der Waals surface area contributed by atoms with E-state index in [0.717, 1.165) is 49.4 Å². The Morgan fingerprint density at radius 3 is 2.58 bits per heavy atom. The number of anilines is 1. The summed E-state index contributed by atoms with van der Waals surface area (Å²) in [6.07, 6.45) is 9.89. The second-order valence-corrected chi connectivity index (χ2v) is 9.17. The summed E-state index contributed by atoms with van der Waals surface area (Å²) < 4.78 is 5.59. The van der Waals surface area contributed by atoms with Crippen molar-refractivity contribution in [3.05, 3.63) is 48.7 Å². The van der Waals surface area contributed by atoms with Crippen molar-refractivity contribution in [1.82, 2.24) is 20.4 Å². The second kappa shape index (κ2) is 10.1. The lowest BCUT2D eigenvalue weighted by Crippen LogP contribution is -2.42. The summed E-state index contributed by atoms with van der Waals surface area (Å²) in [5, 5.41) is 7.38. The highest BCUT2D eigenvalue weighted by Crippen LogP contribution is 2.32. The van der Waals surface area contributed by atoms with E-state index in [0.29, 0.717) is 17.6 Å². The quantitative estimate of drug-likeness (QED) is 0.591. The van der Waals surface area contributed by atoms with Crippen molar-refractivity contribution in [2.45, 2.75) is 44.9 Å². The molecule has 1 aliphatic carbocycles. The van der Waals surface area contributed by atoms with Gasteiger partial charge in [-0.25, -0.2) is 4.98 Å². The maximum Gasteiger partial charge on any atom is 0.261 e. The molecule has 1 saturated carbocycles. The van der Waals surface area contributed by atoms with Gasteiger partial charge in [-0.15, -0.1) is 0 Å². The zero-order valence-corrected chi connectivity index (χ0v) is 18.9. The first-order valence-electron chi connectivity index (χ1n) is 12.1. The Labute approximate surface area is 194 Å². The molecule has 7 heteroatoms. The topological polar surface area (TPSA) is 84.2 Å². The van der Waals surface area contributed by atoms with E-state index in [4.69, 9.17) is 4.52 Å². The molecular formula is C26H31N5O2. The molecule has 1 amide bonds. The number of aromatic nitrogens is 3. The standard InChI is InChI=1S/C26H31N5O2/c32-25(28-18-19-8-3-1-4-9-19)21-13-16-31(17-14-21)24-22(12-7-15-27-24)26-29-23(30-33-26)20-10-5-2-6-11-20/h2,5-7,10-12,15,19,21H,1,3-4,8-9,13-14,16-18H2,(H,28,32). The van der Waals surface area contributed by atoms with Crippen LogP contribution in [0.2, 0.25) is 0 Å². The summed E-state index contributed by atoms with van der Waals surface area (Å²) >= 11 is 0. The molecule has 1 aliphatic heterocycles. The molecule has 172 valence electrons. The minimum Gasteiger partial charge on any atom is -0.356 e. The van der Waals surface area contributed by atoms with Gasteiger partial charge in [0.15, 0.2) is 0 Å². The SMILES string of the molecule is O=C(NCC1CCCCC1)C1CCN(c2ncccc2-c2nc(-c3ccccc3)no2)CC1. The Morgan fingerprint density at radius 2 is 1.79 bits per heavy atom. The summed E-state index contributed by atoms with van der Waals surface area (Å²) in [5.41, 5.74) is 1.74. The van der Waals surface area contributed by atoms with Crippen LogP contribution in [0.5, 0.6) is 0 Å². The lowest BCUT2D eigenvalue weighted by Gasteiger charge is -2.33. The highest BCUT2D eigenvalue weighted by atomic mass is 16.5. The third-order valence-electron chi connectivity index (χ3n) is 6.93. The average Bonchev–Trinajstić information content (AvgIpc) is 3.39. The Kier molecular flexibility index (Phi) is 6.65. The minimum absolute atomic E-state index is 0.0742. The molecule has 5 rings (SSSR count). The molecule has 2 fully saturated rings. The fraction of sp³-hybridized carbons (Fsp3) is 0.462. The average molecular weight is 446 g/mol. The van der Waals surface area contributed by atoms with Crippen LogP contribution in [0.25, 0.3) is 22.8 Å². The summed E-state index contributed by atoms with van der Waals surface area (Å²) in [5.74, 6) is 2.81. The van der Waals surface area contributed by atoms with Gasteiger partial charge < -0.3 is 14.7 Å². The van der Waals surface area contributed by atoms with Crippen LogP contribution in [-0.2, 0) is 4.79 Å². The molecule has 0 bridgehead atoms. The van der Waals surface area contributed by atoms with E-state index in [1.165, 1.54) is 32.1 Å². The van der Waals surface area contributed by atoms with Gasteiger partial charge in [-0.05, 0) is 43.7 Å². The van der Waals surface area contributed by atoms with Gasteiger partial charge in [0.1, 0.15) is 5.82 Å². The van der Waals surface area contributed by atoms with Crippen molar-refractivity contribution in [2.24, 2.45) is 11.8 Å². The number of carbonyl (C=O) groups excluding carboxylic acids is 1. The summed E-state index contributed by atoms with van der Waals surface area (Å²) in [7, 11) is 0. The van der Waals surface area contributed by atoms with E-state index in [9.17, 15) is 4.79 Å². The van der Waals surface area contributed by atoms with Crippen LogP contribution in [0, 0.1) is 11.8 Å². The van der Waals surface area contributed by atoms with Gasteiger partial charge in [0, 0.05) is 37.3 Å². The summed E-state index contributed by atoms with van der Waals surface area (Å²) in [4.78, 5) is 24.2. The zero-order valence-electron chi connectivity index (χ0n) is 18.9. The molecule has 0 radical (unpaired) electrons. The number of carbonyl (C=O) groups is 1. The third-order valence-corrected chi connectivity index (χ3v) is 6.93. The van der Waals surface area contributed by atoms with Crippen molar-refractivity contribution in [1.29, 1.82) is 0 Å². The lowest BCUT2D eigenvalue weighted by atomic mass is 9.89. The van der Waals surface area contributed by atoms with Gasteiger partial charge in [0.05, 0.1) is 5.56 Å². The number of nitrogens with zero attached hydrogens (tertiary/aromatic N) is 4. The highest BCUT2D eigenvalue weighted by molar-refractivity contribution is 5.79. The first-order chi connectivity index (χ1) is 16.3. The summed E-state index contributed by atoms with van der Waals surface area (Å²) in [6.45, 7) is 2.40. The van der Waals surface area contributed by atoms with E-state index >= 15 is 0 Å². The van der Waals surface area contributed by atoms with Crippen LogP contribution in [-0.4, -0.2) is 40.7 Å². The smallest absolute Gasteiger partial charge is 0.261 e. The van der Waals surface area contributed by atoms with Gasteiger partial charge in [0.25, 0.3) is 5.89 Å². The molecule has 0 unspecified atom stereocenters. The third kappa shape index (κ3) is 5.07. The van der Waals surface area contributed by atoms with Crippen LogP contribution >= 0.6 is 0 Å². The van der Waals surface area contributed by atoms with Gasteiger partial charge in [-0.2, -0.15) is 4.98 Å². The molecule has 1 aromatic carbocycles. The number of amides is 1. The molecular weight excluding hydrogens is 414 g/mol. The molecule has 0 spiro atoms. The predicted octanol–water partition coefficient (Wildman–Crippen LogP) is 4.71. The van der Waals surface area contributed by atoms with Crippen LogP contribution in [0.1, 0.15) is 44.9 Å².